The molecule has 2 aliphatic rings. The second-order valence-corrected chi connectivity index (χ2v) is 7.01. The van der Waals surface area contributed by atoms with Gasteiger partial charge in [-0.25, -0.2) is 4.39 Å². The fraction of sp³-hybridized carbons (Fsp3) is 0.647. The van der Waals surface area contributed by atoms with Crippen molar-refractivity contribution < 1.29 is 4.39 Å². The first-order chi connectivity index (χ1) is 9.64. The highest BCUT2D eigenvalue weighted by Crippen LogP contribution is 2.50. The summed E-state index contributed by atoms with van der Waals surface area (Å²) in [6.45, 7) is 3.12. The molecule has 0 spiro atoms. The predicted molar refractivity (Wildman–Crippen MR) is 81.7 cm³/mol. The Morgan fingerprint density at radius 2 is 2.10 bits per heavy atom. The van der Waals surface area contributed by atoms with Crippen molar-refractivity contribution in [2.24, 2.45) is 5.92 Å². The Morgan fingerprint density at radius 1 is 1.35 bits per heavy atom. The second-order valence-electron chi connectivity index (χ2n) is 6.60. The minimum absolute atomic E-state index is 0.0303. The largest absolute Gasteiger partial charge is 0.313 e. The van der Waals surface area contributed by atoms with Crippen LogP contribution in [-0.2, 0) is 5.41 Å². The molecule has 2 aliphatic carbocycles. The van der Waals surface area contributed by atoms with E-state index < -0.39 is 0 Å². The van der Waals surface area contributed by atoms with Gasteiger partial charge in [0.15, 0.2) is 0 Å². The average Bonchev–Trinajstić information content (AvgIpc) is 3.20. The van der Waals surface area contributed by atoms with Gasteiger partial charge in [-0.05, 0) is 43.2 Å². The van der Waals surface area contributed by atoms with Crippen molar-refractivity contribution in [3.8, 4) is 0 Å². The maximum atomic E-state index is 14.4. The van der Waals surface area contributed by atoms with E-state index in [2.05, 4.69) is 12.2 Å². The molecule has 1 aromatic rings. The van der Waals surface area contributed by atoms with E-state index in [1.807, 2.05) is 12.1 Å². The van der Waals surface area contributed by atoms with Gasteiger partial charge in [-0.15, -0.1) is 0 Å². The van der Waals surface area contributed by atoms with Crippen LogP contribution in [0.25, 0.3) is 0 Å². The second kappa shape index (κ2) is 5.65. The summed E-state index contributed by atoms with van der Waals surface area (Å²) in [6.07, 6.45) is 7.21. The topological polar surface area (TPSA) is 12.0 Å². The molecule has 0 amide bonds. The van der Waals surface area contributed by atoms with Crippen molar-refractivity contribution >= 4 is 11.6 Å². The number of rotatable bonds is 6. The van der Waals surface area contributed by atoms with Crippen molar-refractivity contribution in [3.05, 3.63) is 34.6 Å². The molecular weight excluding hydrogens is 273 g/mol. The van der Waals surface area contributed by atoms with E-state index in [-0.39, 0.29) is 16.3 Å². The van der Waals surface area contributed by atoms with E-state index in [4.69, 9.17) is 11.6 Å². The van der Waals surface area contributed by atoms with Crippen LogP contribution in [0.1, 0.15) is 51.0 Å². The van der Waals surface area contributed by atoms with E-state index in [1.165, 1.54) is 25.7 Å². The van der Waals surface area contributed by atoms with E-state index in [0.717, 1.165) is 30.9 Å². The molecule has 0 radical (unpaired) electrons. The number of nitrogens with one attached hydrogen (secondary N) is 1. The van der Waals surface area contributed by atoms with Crippen LogP contribution in [-0.4, -0.2) is 12.6 Å². The van der Waals surface area contributed by atoms with Crippen LogP contribution in [0.4, 0.5) is 4.39 Å². The molecule has 2 saturated carbocycles. The van der Waals surface area contributed by atoms with Gasteiger partial charge in [0.25, 0.3) is 0 Å². The van der Waals surface area contributed by atoms with Gasteiger partial charge in [0, 0.05) is 18.0 Å². The van der Waals surface area contributed by atoms with Gasteiger partial charge in [-0.2, -0.15) is 0 Å². The minimum atomic E-state index is -0.207. The van der Waals surface area contributed by atoms with Gasteiger partial charge >= 0.3 is 0 Å². The molecule has 1 N–H and O–H groups in total. The van der Waals surface area contributed by atoms with Gasteiger partial charge in [0.2, 0.25) is 0 Å². The summed E-state index contributed by atoms with van der Waals surface area (Å²) in [5.74, 6) is 0.543. The van der Waals surface area contributed by atoms with Crippen LogP contribution in [0.15, 0.2) is 18.2 Å². The highest BCUT2D eigenvalue weighted by atomic mass is 35.5. The maximum absolute atomic E-state index is 14.4. The zero-order chi connectivity index (χ0) is 14.2. The molecule has 3 rings (SSSR count). The maximum Gasteiger partial charge on any atom is 0.145 e. The summed E-state index contributed by atoms with van der Waals surface area (Å²) in [5.41, 5.74) is 0.794. The molecule has 20 heavy (non-hydrogen) atoms. The van der Waals surface area contributed by atoms with Crippen molar-refractivity contribution in [3.63, 3.8) is 0 Å². The third kappa shape index (κ3) is 2.73. The van der Waals surface area contributed by atoms with E-state index in [0.29, 0.717) is 6.04 Å². The Bertz CT molecular complexity index is 478. The Kier molecular flexibility index (Phi) is 4.05. The molecule has 110 valence electrons. The molecular formula is C17H23ClFN. The molecule has 1 aromatic carbocycles. The van der Waals surface area contributed by atoms with Crippen LogP contribution in [0.5, 0.6) is 0 Å². The minimum Gasteiger partial charge on any atom is -0.313 e. The molecule has 0 bridgehead atoms. The first-order valence-electron chi connectivity index (χ1n) is 7.82. The third-order valence-electron chi connectivity index (χ3n) is 4.89. The quantitative estimate of drug-likeness (QED) is 0.803. The summed E-state index contributed by atoms with van der Waals surface area (Å²) in [6, 6.07) is 6.12. The van der Waals surface area contributed by atoms with Crippen LogP contribution >= 0.6 is 11.6 Å². The molecule has 1 nitrogen and oxygen atoms in total. The van der Waals surface area contributed by atoms with Crippen LogP contribution in [0.3, 0.4) is 0 Å². The molecule has 0 atom stereocenters. The molecule has 2 fully saturated rings. The zero-order valence-electron chi connectivity index (χ0n) is 12.1. The van der Waals surface area contributed by atoms with Crippen LogP contribution in [0.2, 0.25) is 5.02 Å². The summed E-state index contributed by atoms with van der Waals surface area (Å²) in [7, 11) is 0. The highest BCUT2D eigenvalue weighted by Gasteiger charge is 2.46. The van der Waals surface area contributed by atoms with E-state index >= 15 is 0 Å². The van der Waals surface area contributed by atoms with Crippen molar-refractivity contribution in [2.75, 3.05) is 6.54 Å². The number of hydrogen-bond acceptors (Lipinski definition) is 1. The normalized spacial score (nSPS) is 29.2. The first-order valence-corrected chi connectivity index (χ1v) is 8.20. The van der Waals surface area contributed by atoms with Gasteiger partial charge in [0.1, 0.15) is 5.82 Å². The first kappa shape index (κ1) is 14.3. The van der Waals surface area contributed by atoms with E-state index in [9.17, 15) is 4.39 Å². The lowest BCUT2D eigenvalue weighted by atomic mass is 9.57. The molecule has 0 unspecified atom stereocenters. The number of halogens is 2. The summed E-state index contributed by atoms with van der Waals surface area (Å²) in [5, 5.41) is 3.85. The summed E-state index contributed by atoms with van der Waals surface area (Å²) < 4.78 is 14.4. The van der Waals surface area contributed by atoms with E-state index in [1.54, 1.807) is 6.07 Å². The Hall–Kier alpha value is -0.600. The molecule has 3 heteroatoms. The summed E-state index contributed by atoms with van der Waals surface area (Å²) >= 11 is 5.98. The lowest BCUT2D eigenvalue weighted by molar-refractivity contribution is 0.124. The average molecular weight is 296 g/mol. The van der Waals surface area contributed by atoms with Crippen molar-refractivity contribution in [1.82, 2.24) is 5.32 Å². The lowest BCUT2D eigenvalue weighted by Gasteiger charge is -2.49. The number of benzene rings is 1. The Balaban J connectivity index is 1.79. The smallest absolute Gasteiger partial charge is 0.145 e. The van der Waals surface area contributed by atoms with Crippen LogP contribution in [0, 0.1) is 11.7 Å². The summed E-state index contributed by atoms with van der Waals surface area (Å²) in [4.78, 5) is 0. The fourth-order valence-corrected chi connectivity index (χ4v) is 3.83. The van der Waals surface area contributed by atoms with Crippen molar-refractivity contribution in [2.45, 2.75) is 56.9 Å². The van der Waals surface area contributed by atoms with Gasteiger partial charge in [-0.3, -0.25) is 0 Å². The SMILES string of the molecule is CCCC1CC(CNC2CC2)(c2cccc(Cl)c2F)C1. The molecule has 0 aliphatic heterocycles. The number of hydrogen-bond donors (Lipinski definition) is 1. The van der Waals surface area contributed by atoms with Gasteiger partial charge in [-0.1, -0.05) is 43.5 Å². The highest BCUT2D eigenvalue weighted by molar-refractivity contribution is 6.30. The van der Waals surface area contributed by atoms with Gasteiger partial charge in [0.05, 0.1) is 5.02 Å². The Labute approximate surface area is 125 Å². The van der Waals surface area contributed by atoms with Crippen LogP contribution < -0.4 is 5.32 Å². The molecule has 0 saturated heterocycles. The van der Waals surface area contributed by atoms with Gasteiger partial charge < -0.3 is 5.32 Å². The molecule has 0 aromatic heterocycles. The lowest BCUT2D eigenvalue weighted by Crippen LogP contribution is -2.49. The predicted octanol–water partition coefficient (Wildman–Crippen LogP) is 4.68. The van der Waals surface area contributed by atoms with Crippen molar-refractivity contribution in [1.29, 1.82) is 0 Å². The Morgan fingerprint density at radius 3 is 2.75 bits per heavy atom. The molecule has 0 heterocycles. The fourth-order valence-electron chi connectivity index (χ4n) is 3.66. The third-order valence-corrected chi connectivity index (χ3v) is 5.18. The standard InChI is InChI=1S/C17H23ClFN/c1-2-4-12-9-17(10-12,11-20-13-7-8-13)14-5-3-6-15(18)16(14)19/h3,5-6,12-13,20H,2,4,7-11H2,1H3. The monoisotopic (exact) mass is 295 g/mol. The zero-order valence-corrected chi connectivity index (χ0v) is 12.8.